The van der Waals surface area contributed by atoms with E-state index in [1.165, 1.54) is 24.5 Å². The number of nitriles is 1. The standard InChI is InChI=1S/C15H17N3O2/c16-11-13-7-4-8-14(15(13)18(19)20)17-10-9-12-5-2-1-3-6-12/h4-5,7-8,17H,1-3,6,9-10H2. The zero-order chi connectivity index (χ0) is 14.4. The fraction of sp³-hybridized carbons (Fsp3) is 0.400. The van der Waals surface area contributed by atoms with E-state index in [1.54, 1.807) is 12.1 Å². The Labute approximate surface area is 118 Å². The van der Waals surface area contributed by atoms with E-state index in [4.69, 9.17) is 5.26 Å². The molecular weight excluding hydrogens is 254 g/mol. The number of rotatable bonds is 5. The molecule has 0 aromatic heterocycles. The van der Waals surface area contributed by atoms with E-state index >= 15 is 0 Å². The second-order valence-corrected chi connectivity index (χ2v) is 4.86. The Morgan fingerprint density at radius 1 is 1.40 bits per heavy atom. The second kappa shape index (κ2) is 6.71. The highest BCUT2D eigenvalue weighted by Crippen LogP contribution is 2.28. The summed E-state index contributed by atoms with van der Waals surface area (Å²) in [4.78, 5) is 10.6. The normalized spacial score (nSPS) is 14.2. The van der Waals surface area contributed by atoms with E-state index in [-0.39, 0.29) is 11.3 Å². The van der Waals surface area contributed by atoms with Crippen LogP contribution in [-0.4, -0.2) is 11.5 Å². The summed E-state index contributed by atoms with van der Waals surface area (Å²) in [5.74, 6) is 0. The maximum absolute atomic E-state index is 11.1. The lowest BCUT2D eigenvalue weighted by molar-refractivity contribution is -0.384. The molecule has 1 aliphatic carbocycles. The highest BCUT2D eigenvalue weighted by molar-refractivity contribution is 5.68. The molecule has 0 saturated carbocycles. The quantitative estimate of drug-likeness (QED) is 0.502. The van der Waals surface area contributed by atoms with Crippen LogP contribution in [0.1, 0.15) is 37.7 Å². The monoisotopic (exact) mass is 271 g/mol. The number of para-hydroxylation sites is 1. The Bertz CT molecular complexity index is 573. The van der Waals surface area contributed by atoms with Gasteiger partial charge in [-0.15, -0.1) is 0 Å². The molecule has 1 aromatic carbocycles. The smallest absolute Gasteiger partial charge is 0.309 e. The number of nitrogens with zero attached hydrogens (tertiary/aromatic N) is 2. The third-order valence-electron chi connectivity index (χ3n) is 3.49. The van der Waals surface area contributed by atoms with Crippen LogP contribution in [0.15, 0.2) is 29.8 Å². The van der Waals surface area contributed by atoms with Crippen LogP contribution in [0, 0.1) is 21.4 Å². The molecule has 0 fully saturated rings. The lowest BCUT2D eigenvalue weighted by Crippen LogP contribution is -2.07. The lowest BCUT2D eigenvalue weighted by atomic mass is 9.97. The minimum absolute atomic E-state index is 0.0943. The van der Waals surface area contributed by atoms with Crippen LogP contribution in [0.4, 0.5) is 11.4 Å². The first-order chi connectivity index (χ1) is 9.72. The van der Waals surface area contributed by atoms with Gasteiger partial charge in [-0.05, 0) is 44.2 Å². The first kappa shape index (κ1) is 14.1. The molecule has 2 rings (SSSR count). The summed E-state index contributed by atoms with van der Waals surface area (Å²) in [6, 6.07) is 6.64. The van der Waals surface area contributed by atoms with Gasteiger partial charge in [-0.1, -0.05) is 17.7 Å². The Morgan fingerprint density at radius 3 is 2.90 bits per heavy atom. The predicted molar refractivity (Wildman–Crippen MR) is 77.5 cm³/mol. The van der Waals surface area contributed by atoms with E-state index in [2.05, 4.69) is 11.4 Å². The molecule has 0 amide bonds. The van der Waals surface area contributed by atoms with Crippen LogP contribution >= 0.6 is 0 Å². The minimum Gasteiger partial charge on any atom is -0.379 e. The van der Waals surface area contributed by atoms with Crippen molar-refractivity contribution in [2.75, 3.05) is 11.9 Å². The zero-order valence-electron chi connectivity index (χ0n) is 11.3. The van der Waals surface area contributed by atoms with E-state index < -0.39 is 4.92 Å². The average molecular weight is 271 g/mol. The van der Waals surface area contributed by atoms with Crippen molar-refractivity contribution in [3.63, 3.8) is 0 Å². The van der Waals surface area contributed by atoms with E-state index in [0.29, 0.717) is 12.2 Å². The van der Waals surface area contributed by atoms with E-state index in [9.17, 15) is 10.1 Å². The summed E-state index contributed by atoms with van der Waals surface area (Å²) >= 11 is 0. The van der Waals surface area contributed by atoms with Gasteiger partial charge in [0, 0.05) is 6.54 Å². The minimum atomic E-state index is -0.499. The second-order valence-electron chi connectivity index (χ2n) is 4.86. The van der Waals surface area contributed by atoms with E-state index in [1.807, 2.05) is 6.07 Å². The van der Waals surface area contributed by atoms with Gasteiger partial charge >= 0.3 is 5.69 Å². The van der Waals surface area contributed by atoms with Gasteiger partial charge in [0.2, 0.25) is 0 Å². The first-order valence-corrected chi connectivity index (χ1v) is 6.81. The molecule has 5 heteroatoms. The fourth-order valence-electron chi connectivity index (χ4n) is 2.46. The number of benzene rings is 1. The van der Waals surface area contributed by atoms with Crippen molar-refractivity contribution >= 4 is 11.4 Å². The molecular formula is C15H17N3O2. The zero-order valence-corrected chi connectivity index (χ0v) is 11.3. The molecule has 1 aromatic rings. The molecule has 0 bridgehead atoms. The van der Waals surface area contributed by atoms with Gasteiger partial charge in [0.05, 0.1) is 4.92 Å². The molecule has 0 radical (unpaired) electrons. The van der Waals surface area contributed by atoms with Crippen molar-refractivity contribution in [2.24, 2.45) is 0 Å². The third-order valence-corrected chi connectivity index (χ3v) is 3.49. The summed E-state index contributed by atoms with van der Waals surface area (Å²) in [5.41, 5.74) is 1.80. The SMILES string of the molecule is N#Cc1cccc(NCCC2=CCCCC2)c1[N+](=O)[O-]. The fourth-order valence-corrected chi connectivity index (χ4v) is 2.46. The van der Waals surface area contributed by atoms with Crippen molar-refractivity contribution in [1.82, 2.24) is 0 Å². The number of nitro groups is 1. The topological polar surface area (TPSA) is 79.0 Å². The molecule has 1 aliphatic rings. The van der Waals surface area contributed by atoms with Gasteiger partial charge < -0.3 is 5.32 Å². The van der Waals surface area contributed by atoms with Crippen molar-refractivity contribution < 1.29 is 4.92 Å². The number of anilines is 1. The van der Waals surface area contributed by atoms with Crippen LogP contribution in [0.25, 0.3) is 0 Å². The summed E-state index contributed by atoms with van der Waals surface area (Å²) in [6.45, 7) is 0.654. The Morgan fingerprint density at radius 2 is 2.25 bits per heavy atom. The van der Waals surface area contributed by atoms with Crippen LogP contribution < -0.4 is 5.32 Å². The van der Waals surface area contributed by atoms with Gasteiger partial charge in [0.25, 0.3) is 0 Å². The Kier molecular flexibility index (Phi) is 4.72. The van der Waals surface area contributed by atoms with Crippen LogP contribution in [-0.2, 0) is 0 Å². The molecule has 0 heterocycles. The Balaban J connectivity index is 2.04. The van der Waals surface area contributed by atoms with Crippen molar-refractivity contribution in [3.8, 4) is 6.07 Å². The molecule has 0 saturated heterocycles. The maximum atomic E-state index is 11.1. The number of hydrogen-bond acceptors (Lipinski definition) is 4. The predicted octanol–water partition coefficient (Wildman–Crippen LogP) is 3.77. The molecule has 104 valence electrons. The molecule has 0 aliphatic heterocycles. The molecule has 0 spiro atoms. The van der Waals surface area contributed by atoms with Crippen molar-refractivity contribution in [1.29, 1.82) is 5.26 Å². The molecule has 5 nitrogen and oxygen atoms in total. The summed E-state index contributed by atoms with van der Waals surface area (Å²) < 4.78 is 0. The van der Waals surface area contributed by atoms with Gasteiger partial charge in [-0.25, -0.2) is 0 Å². The van der Waals surface area contributed by atoms with Crippen LogP contribution in [0.3, 0.4) is 0 Å². The molecule has 0 unspecified atom stereocenters. The number of nitro benzene ring substituents is 1. The summed E-state index contributed by atoms with van der Waals surface area (Å²) in [5, 5.41) is 23.1. The van der Waals surface area contributed by atoms with Gasteiger partial charge in [0.1, 0.15) is 17.3 Å². The van der Waals surface area contributed by atoms with E-state index in [0.717, 1.165) is 19.3 Å². The van der Waals surface area contributed by atoms with Crippen molar-refractivity contribution in [2.45, 2.75) is 32.1 Å². The van der Waals surface area contributed by atoms with Gasteiger partial charge in [-0.2, -0.15) is 5.26 Å². The van der Waals surface area contributed by atoms with Gasteiger partial charge in [0.15, 0.2) is 0 Å². The number of hydrogen-bond donors (Lipinski definition) is 1. The highest BCUT2D eigenvalue weighted by Gasteiger charge is 2.19. The average Bonchev–Trinajstić information content (AvgIpc) is 2.47. The van der Waals surface area contributed by atoms with Crippen molar-refractivity contribution in [3.05, 3.63) is 45.5 Å². The van der Waals surface area contributed by atoms with Gasteiger partial charge in [-0.3, -0.25) is 10.1 Å². The third kappa shape index (κ3) is 3.35. The number of nitrogens with one attached hydrogen (secondary N) is 1. The molecule has 0 atom stereocenters. The first-order valence-electron chi connectivity index (χ1n) is 6.81. The van der Waals surface area contributed by atoms with Crippen LogP contribution in [0.2, 0.25) is 0 Å². The maximum Gasteiger partial charge on any atom is 0.309 e. The molecule has 20 heavy (non-hydrogen) atoms. The highest BCUT2D eigenvalue weighted by atomic mass is 16.6. The summed E-state index contributed by atoms with van der Waals surface area (Å²) in [7, 11) is 0. The molecule has 1 N–H and O–H groups in total. The van der Waals surface area contributed by atoms with Crippen LogP contribution in [0.5, 0.6) is 0 Å². The Hall–Kier alpha value is -2.35. The lowest BCUT2D eigenvalue weighted by Gasteiger charge is -2.13. The number of allylic oxidation sites excluding steroid dienone is 1. The largest absolute Gasteiger partial charge is 0.379 e. The summed E-state index contributed by atoms with van der Waals surface area (Å²) in [6.07, 6.45) is 7.92.